The number of fused-ring (bicyclic) bond motifs is 4. The molecule has 356 valence electrons. The van der Waals surface area contributed by atoms with Crippen LogP contribution in [-0.2, 0) is 33.8 Å². The average molecular weight is 957 g/mol. The number of aromatic amines is 1. The molecule has 6 aromatic rings. The lowest BCUT2D eigenvalue weighted by Crippen LogP contribution is -2.42. The number of hydrogen-bond donors (Lipinski definition) is 8. The summed E-state index contributed by atoms with van der Waals surface area (Å²) >= 11 is 0. The molecule has 0 radical (unpaired) electrons. The number of aliphatic carboxylic acids is 1. The summed E-state index contributed by atoms with van der Waals surface area (Å²) in [7, 11) is 2.98. The molecule has 2 aromatic carbocycles. The Hall–Kier alpha value is -6.52. The molecule has 0 fully saturated rings. The summed E-state index contributed by atoms with van der Waals surface area (Å²) < 4.78 is 7.25. The number of aliphatic hydroxyl groups is 1. The maximum Gasteiger partial charge on any atom is 0.412 e. The topological polar surface area (TPSA) is 294 Å². The second-order valence-corrected chi connectivity index (χ2v) is 20.4. The number of nitrogen functional groups attached to an aromatic ring is 1. The minimum Gasteiger partial charge on any atom is -0.480 e. The van der Waals surface area contributed by atoms with Crippen LogP contribution in [0.3, 0.4) is 0 Å². The number of amides is 3. The van der Waals surface area contributed by atoms with Crippen molar-refractivity contribution in [2.24, 2.45) is 5.41 Å². The van der Waals surface area contributed by atoms with Crippen LogP contribution in [0.25, 0.3) is 33.1 Å². The Labute approximate surface area is 393 Å². The molecule has 0 spiro atoms. The number of carbonyl (C=O) groups is 4. The number of para-hydroxylation sites is 1. The van der Waals surface area contributed by atoms with Gasteiger partial charge in [-0.2, -0.15) is 4.98 Å². The molecule has 0 aliphatic rings. The Morgan fingerprint density at radius 2 is 1.76 bits per heavy atom. The van der Waals surface area contributed by atoms with Crippen LogP contribution in [-0.4, -0.2) is 105 Å². The molecular weight excluding hydrogens is 901 g/mol. The number of rotatable bonds is 23. The first kappa shape index (κ1) is 49.9. The summed E-state index contributed by atoms with van der Waals surface area (Å²) in [4.78, 5) is 87.5. The van der Waals surface area contributed by atoms with Crippen molar-refractivity contribution >= 4 is 96.0 Å². The van der Waals surface area contributed by atoms with Gasteiger partial charge in [0, 0.05) is 65.1 Å². The van der Waals surface area contributed by atoms with Crippen molar-refractivity contribution in [3.8, 4) is 0 Å². The minimum atomic E-state index is -1.31. The number of pyridine rings is 1. The second kappa shape index (κ2) is 22.3. The molecule has 0 aliphatic heterocycles. The van der Waals surface area contributed by atoms with E-state index in [1.165, 1.54) is 39.9 Å². The third kappa shape index (κ3) is 13.5. The number of ether oxygens (including phenoxy) is 1. The fourth-order valence-electron chi connectivity index (χ4n) is 6.84. The van der Waals surface area contributed by atoms with Crippen LogP contribution >= 0.6 is 21.6 Å². The number of anilines is 3. The molecule has 4 aromatic heterocycles. The van der Waals surface area contributed by atoms with Crippen LogP contribution in [0.15, 0.2) is 59.5 Å². The largest absolute Gasteiger partial charge is 0.480 e. The SMILES string of the molecule is CCCCc1nc2c(NC(=O)OCCSSC(C)(C)CNC(=O)CCC(NC(=O)c3ccc(NCc4cnc5nc(N)[nH]c(=O)c5n4)cc3)C(=O)O)nc3ccccc3c2n1CC(C)(C)CO. The highest BCUT2D eigenvalue weighted by atomic mass is 33.1. The van der Waals surface area contributed by atoms with Gasteiger partial charge in [-0.05, 0) is 57.0 Å². The minimum absolute atomic E-state index is 0.00475. The fourth-order valence-corrected chi connectivity index (χ4v) is 9.11. The number of aromatic nitrogens is 7. The molecule has 67 heavy (non-hydrogen) atoms. The molecular formula is C45H56N12O8S2. The summed E-state index contributed by atoms with van der Waals surface area (Å²) in [6, 6.07) is 12.7. The summed E-state index contributed by atoms with van der Waals surface area (Å²) in [5.74, 6) is -0.706. The van der Waals surface area contributed by atoms with Gasteiger partial charge in [0.15, 0.2) is 17.0 Å². The van der Waals surface area contributed by atoms with Gasteiger partial charge in [-0.3, -0.25) is 24.7 Å². The summed E-state index contributed by atoms with van der Waals surface area (Å²) in [6.07, 6.45) is 3.18. The molecule has 3 amide bonds. The Balaban J connectivity index is 0.924. The number of aliphatic hydroxyl groups excluding tert-OH is 1. The van der Waals surface area contributed by atoms with E-state index in [2.05, 4.69) is 52.7 Å². The number of carbonyl (C=O) groups excluding carboxylic acids is 3. The van der Waals surface area contributed by atoms with Crippen LogP contribution in [0.4, 0.5) is 22.2 Å². The summed E-state index contributed by atoms with van der Waals surface area (Å²) in [5, 5.41) is 32.1. The van der Waals surface area contributed by atoms with Gasteiger partial charge in [0.25, 0.3) is 11.5 Å². The van der Waals surface area contributed by atoms with Crippen molar-refractivity contribution < 1.29 is 34.1 Å². The molecule has 0 saturated carbocycles. The van der Waals surface area contributed by atoms with Gasteiger partial charge in [-0.25, -0.2) is 29.5 Å². The zero-order valence-electron chi connectivity index (χ0n) is 38.0. The van der Waals surface area contributed by atoms with Crippen molar-refractivity contribution in [3.63, 3.8) is 0 Å². The van der Waals surface area contributed by atoms with Gasteiger partial charge < -0.3 is 41.2 Å². The van der Waals surface area contributed by atoms with Crippen LogP contribution in [0.2, 0.25) is 0 Å². The molecule has 4 heterocycles. The maximum atomic E-state index is 13.1. The second-order valence-electron chi connectivity index (χ2n) is 17.2. The van der Waals surface area contributed by atoms with Crippen LogP contribution in [0.5, 0.6) is 0 Å². The molecule has 0 bridgehead atoms. The van der Waals surface area contributed by atoms with E-state index in [1.54, 1.807) is 12.1 Å². The van der Waals surface area contributed by atoms with Gasteiger partial charge in [0.1, 0.15) is 24.0 Å². The molecule has 0 aliphatic carbocycles. The van der Waals surface area contributed by atoms with Crippen LogP contribution in [0.1, 0.15) is 82.2 Å². The Kier molecular flexibility index (Phi) is 16.6. The maximum absolute atomic E-state index is 13.1. The number of hydrogen-bond acceptors (Lipinski definition) is 16. The first-order chi connectivity index (χ1) is 32.0. The predicted molar refractivity (Wildman–Crippen MR) is 261 cm³/mol. The Bertz CT molecular complexity index is 2800. The molecule has 22 heteroatoms. The van der Waals surface area contributed by atoms with E-state index in [0.29, 0.717) is 40.5 Å². The van der Waals surface area contributed by atoms with E-state index in [1.807, 2.05) is 52.0 Å². The lowest BCUT2D eigenvalue weighted by molar-refractivity contribution is -0.139. The van der Waals surface area contributed by atoms with Gasteiger partial charge in [-0.15, -0.1) is 0 Å². The molecule has 1 atom stereocenters. The zero-order valence-corrected chi connectivity index (χ0v) is 39.6. The molecule has 0 saturated heterocycles. The highest BCUT2D eigenvalue weighted by Crippen LogP contribution is 2.36. The first-order valence-corrected chi connectivity index (χ1v) is 24.1. The number of benzene rings is 2. The monoisotopic (exact) mass is 956 g/mol. The molecule has 1 unspecified atom stereocenters. The lowest BCUT2D eigenvalue weighted by Gasteiger charge is -2.24. The van der Waals surface area contributed by atoms with E-state index in [-0.39, 0.29) is 67.7 Å². The van der Waals surface area contributed by atoms with E-state index >= 15 is 0 Å². The number of aryl methyl sites for hydroxylation is 1. The highest BCUT2D eigenvalue weighted by Gasteiger charge is 2.26. The zero-order chi connectivity index (χ0) is 48.3. The van der Waals surface area contributed by atoms with Gasteiger partial charge in [-0.1, -0.05) is 67.0 Å². The first-order valence-electron chi connectivity index (χ1n) is 21.7. The van der Waals surface area contributed by atoms with Crippen LogP contribution < -0.4 is 32.6 Å². The van der Waals surface area contributed by atoms with Crippen molar-refractivity contribution in [3.05, 3.63) is 82.2 Å². The van der Waals surface area contributed by atoms with Crippen molar-refractivity contribution in [1.29, 1.82) is 0 Å². The summed E-state index contributed by atoms with van der Waals surface area (Å²) in [6.45, 7) is 11.1. The number of imidazole rings is 1. The number of nitrogens with zero attached hydrogens (tertiary/aromatic N) is 6. The normalized spacial score (nSPS) is 12.3. The predicted octanol–water partition coefficient (Wildman–Crippen LogP) is 5.65. The van der Waals surface area contributed by atoms with Crippen LogP contribution in [0, 0.1) is 5.41 Å². The molecule has 9 N–H and O–H groups in total. The Morgan fingerprint density at radius 3 is 2.49 bits per heavy atom. The lowest BCUT2D eigenvalue weighted by atomic mass is 9.94. The number of unbranched alkanes of at least 4 members (excludes halogenated alkanes) is 1. The van der Waals surface area contributed by atoms with Gasteiger partial charge >= 0.3 is 12.1 Å². The molecule has 20 nitrogen and oxygen atoms in total. The van der Waals surface area contributed by atoms with Crippen molar-refractivity contribution in [1.82, 2.24) is 45.1 Å². The van der Waals surface area contributed by atoms with E-state index < -0.39 is 39.7 Å². The third-order valence-corrected chi connectivity index (χ3v) is 13.7. The van der Waals surface area contributed by atoms with Crippen molar-refractivity contribution in [2.75, 3.05) is 41.9 Å². The van der Waals surface area contributed by atoms with Gasteiger partial charge in [0.05, 0.1) is 29.5 Å². The standard InChI is InChI=1S/C45H56N12O8S2/c1-6-7-12-32-53-34-36(57(32)24-44(2,3)25-58)29-10-8-9-11-30(29)51-38(34)55-43(64)65-19-20-66-67-45(4,5)23-49-33(59)18-17-31(41(62)63)52-39(60)26-13-15-27(16-14-26)47-21-28-22-48-37-35(50-28)40(61)56-42(46)54-37/h8-11,13-16,22,31,47,58H,6-7,12,17-21,23-25H2,1-5H3,(H,49,59)(H,52,60)(H,62,63)(H,51,55,64)(H3,46,48,54,56,61). The smallest absolute Gasteiger partial charge is 0.412 e. The number of carboxylic acid groups (broad SMARTS) is 1. The van der Waals surface area contributed by atoms with E-state index in [9.17, 15) is 34.2 Å². The highest BCUT2D eigenvalue weighted by molar-refractivity contribution is 8.77. The Morgan fingerprint density at radius 1 is 1.00 bits per heavy atom. The van der Waals surface area contributed by atoms with Gasteiger partial charge in [0.2, 0.25) is 11.9 Å². The van der Waals surface area contributed by atoms with E-state index in [4.69, 9.17) is 20.4 Å². The quantitative estimate of drug-likeness (QED) is 0.0284. The number of nitrogens with two attached hydrogens (primary N) is 1. The fraction of sp³-hybridized carbons (Fsp3) is 0.422. The number of H-pyrrole nitrogens is 1. The van der Waals surface area contributed by atoms with Crippen molar-refractivity contribution in [2.45, 2.75) is 90.6 Å². The third-order valence-electron chi connectivity index (χ3n) is 10.4. The molecule has 6 rings (SSSR count). The van der Waals surface area contributed by atoms with E-state index in [0.717, 1.165) is 36.0 Å². The number of carboxylic acids is 1. The number of nitrogens with one attached hydrogen (secondary N) is 5. The summed E-state index contributed by atoms with van der Waals surface area (Å²) in [5.41, 5.74) is 8.21. The average Bonchev–Trinajstić information content (AvgIpc) is 3.65.